The van der Waals surface area contributed by atoms with E-state index in [1.165, 1.54) is 18.2 Å². The molecule has 0 spiro atoms. The van der Waals surface area contributed by atoms with Gasteiger partial charge in [0, 0.05) is 24.1 Å². The van der Waals surface area contributed by atoms with Crippen LogP contribution in [-0.2, 0) is 9.84 Å². The second kappa shape index (κ2) is 5.68. The van der Waals surface area contributed by atoms with Gasteiger partial charge in [0.2, 0.25) is 0 Å². The van der Waals surface area contributed by atoms with Crippen molar-refractivity contribution in [1.82, 2.24) is 5.32 Å². The van der Waals surface area contributed by atoms with Crippen LogP contribution in [0, 0.1) is 0 Å². The van der Waals surface area contributed by atoms with Crippen LogP contribution in [0.4, 0.5) is 5.69 Å². The number of benzene rings is 1. The SMILES string of the molecule is C=CCCNC(=O)c1cc(N)cc(S(C)(=O)=O)c1. The first-order valence-corrected chi connectivity index (χ1v) is 7.23. The van der Waals surface area contributed by atoms with Crippen LogP contribution in [0.15, 0.2) is 35.7 Å². The number of sulfone groups is 1. The number of rotatable bonds is 5. The van der Waals surface area contributed by atoms with E-state index >= 15 is 0 Å². The van der Waals surface area contributed by atoms with Crippen LogP contribution in [0.25, 0.3) is 0 Å². The normalized spacial score (nSPS) is 10.9. The number of anilines is 1. The molecule has 0 fully saturated rings. The molecule has 0 saturated heterocycles. The predicted molar refractivity (Wildman–Crippen MR) is 71.1 cm³/mol. The molecule has 0 saturated carbocycles. The summed E-state index contributed by atoms with van der Waals surface area (Å²) in [5.41, 5.74) is 6.07. The van der Waals surface area contributed by atoms with Gasteiger partial charge in [-0.3, -0.25) is 4.79 Å². The fraction of sp³-hybridized carbons (Fsp3) is 0.250. The molecular weight excluding hydrogens is 252 g/mol. The number of nitrogens with two attached hydrogens (primary N) is 1. The van der Waals surface area contributed by atoms with Crippen LogP contribution in [0.2, 0.25) is 0 Å². The summed E-state index contributed by atoms with van der Waals surface area (Å²) in [5, 5.41) is 2.65. The number of nitrogens with one attached hydrogen (secondary N) is 1. The van der Waals surface area contributed by atoms with E-state index in [2.05, 4.69) is 11.9 Å². The van der Waals surface area contributed by atoms with Gasteiger partial charge in [0.25, 0.3) is 5.91 Å². The molecule has 1 amide bonds. The Morgan fingerprint density at radius 1 is 1.44 bits per heavy atom. The van der Waals surface area contributed by atoms with Gasteiger partial charge in [0.15, 0.2) is 9.84 Å². The molecule has 18 heavy (non-hydrogen) atoms. The third-order valence-electron chi connectivity index (χ3n) is 2.25. The summed E-state index contributed by atoms with van der Waals surface area (Å²) in [6.07, 6.45) is 3.40. The first kappa shape index (κ1) is 14.2. The zero-order chi connectivity index (χ0) is 13.8. The van der Waals surface area contributed by atoms with E-state index < -0.39 is 9.84 Å². The molecule has 0 aliphatic rings. The van der Waals surface area contributed by atoms with Gasteiger partial charge in [-0.15, -0.1) is 6.58 Å². The Kier molecular flexibility index (Phi) is 4.49. The molecule has 0 atom stereocenters. The number of hydrogen-bond acceptors (Lipinski definition) is 4. The van der Waals surface area contributed by atoms with Crippen molar-refractivity contribution in [2.75, 3.05) is 18.5 Å². The van der Waals surface area contributed by atoms with Crippen molar-refractivity contribution in [2.45, 2.75) is 11.3 Å². The van der Waals surface area contributed by atoms with Crippen molar-refractivity contribution in [3.05, 3.63) is 36.4 Å². The zero-order valence-corrected chi connectivity index (χ0v) is 11.0. The Morgan fingerprint density at radius 2 is 2.11 bits per heavy atom. The van der Waals surface area contributed by atoms with E-state index in [4.69, 9.17) is 5.73 Å². The molecule has 1 aromatic rings. The van der Waals surface area contributed by atoms with E-state index in [-0.39, 0.29) is 22.1 Å². The van der Waals surface area contributed by atoms with Crippen LogP contribution in [-0.4, -0.2) is 27.1 Å². The summed E-state index contributed by atoms with van der Waals surface area (Å²) in [6, 6.07) is 4.09. The zero-order valence-electron chi connectivity index (χ0n) is 10.1. The van der Waals surface area contributed by atoms with Crippen LogP contribution < -0.4 is 11.1 Å². The van der Waals surface area contributed by atoms with E-state index in [1.54, 1.807) is 6.08 Å². The first-order valence-electron chi connectivity index (χ1n) is 5.34. The maximum atomic E-state index is 11.8. The van der Waals surface area contributed by atoms with E-state index in [1.807, 2.05) is 0 Å². The van der Waals surface area contributed by atoms with Gasteiger partial charge >= 0.3 is 0 Å². The first-order chi connectivity index (χ1) is 8.34. The highest BCUT2D eigenvalue weighted by atomic mass is 32.2. The largest absolute Gasteiger partial charge is 0.399 e. The number of amides is 1. The average molecular weight is 268 g/mol. The lowest BCUT2D eigenvalue weighted by Gasteiger charge is -2.07. The highest BCUT2D eigenvalue weighted by Gasteiger charge is 2.13. The molecule has 98 valence electrons. The van der Waals surface area contributed by atoms with Crippen LogP contribution in [0.1, 0.15) is 16.8 Å². The minimum atomic E-state index is -3.38. The Bertz CT molecular complexity index is 565. The van der Waals surface area contributed by atoms with Crippen LogP contribution in [0.3, 0.4) is 0 Å². The smallest absolute Gasteiger partial charge is 0.251 e. The highest BCUT2D eigenvalue weighted by molar-refractivity contribution is 7.90. The molecule has 1 aromatic carbocycles. The molecule has 0 unspecified atom stereocenters. The van der Waals surface area contributed by atoms with Crippen molar-refractivity contribution >= 4 is 21.4 Å². The van der Waals surface area contributed by atoms with Gasteiger partial charge in [0.05, 0.1) is 4.90 Å². The lowest BCUT2D eigenvalue weighted by atomic mass is 10.2. The maximum absolute atomic E-state index is 11.8. The summed E-state index contributed by atoms with van der Waals surface area (Å²) < 4.78 is 22.8. The third kappa shape index (κ3) is 3.89. The molecule has 0 aliphatic heterocycles. The van der Waals surface area contributed by atoms with Gasteiger partial charge in [-0.2, -0.15) is 0 Å². The summed E-state index contributed by atoms with van der Waals surface area (Å²) in [4.78, 5) is 11.8. The second-order valence-electron chi connectivity index (χ2n) is 3.90. The fourth-order valence-electron chi connectivity index (χ4n) is 1.36. The predicted octanol–water partition coefficient (Wildman–Crippen LogP) is 0.978. The monoisotopic (exact) mass is 268 g/mol. The van der Waals surface area contributed by atoms with Gasteiger partial charge in [-0.05, 0) is 24.6 Å². The molecule has 0 heterocycles. The highest BCUT2D eigenvalue weighted by Crippen LogP contribution is 2.16. The fourth-order valence-corrected chi connectivity index (χ4v) is 2.05. The van der Waals surface area contributed by atoms with E-state index in [9.17, 15) is 13.2 Å². The maximum Gasteiger partial charge on any atom is 0.251 e. The molecule has 1 rings (SSSR count). The molecule has 5 nitrogen and oxygen atoms in total. The topological polar surface area (TPSA) is 89.3 Å². The van der Waals surface area contributed by atoms with Crippen molar-refractivity contribution in [3.63, 3.8) is 0 Å². The summed E-state index contributed by atoms with van der Waals surface area (Å²) in [5.74, 6) is -0.353. The lowest BCUT2D eigenvalue weighted by Crippen LogP contribution is -2.24. The van der Waals surface area contributed by atoms with Gasteiger partial charge in [-0.25, -0.2) is 8.42 Å². The summed E-state index contributed by atoms with van der Waals surface area (Å²) in [7, 11) is -3.38. The third-order valence-corrected chi connectivity index (χ3v) is 3.35. The second-order valence-corrected chi connectivity index (χ2v) is 5.91. The Balaban J connectivity index is 2.99. The van der Waals surface area contributed by atoms with Gasteiger partial charge in [0.1, 0.15) is 0 Å². The van der Waals surface area contributed by atoms with Crippen LogP contribution in [0.5, 0.6) is 0 Å². The van der Waals surface area contributed by atoms with Gasteiger partial charge < -0.3 is 11.1 Å². The standard InChI is InChI=1S/C12H16N2O3S/c1-3-4-5-14-12(15)9-6-10(13)8-11(7-9)18(2,16)17/h3,6-8H,1,4-5,13H2,2H3,(H,14,15). The minimum Gasteiger partial charge on any atom is -0.399 e. The molecule has 6 heteroatoms. The molecule has 3 N–H and O–H groups in total. The van der Waals surface area contributed by atoms with E-state index in [0.29, 0.717) is 13.0 Å². The quantitative estimate of drug-likeness (QED) is 0.473. The van der Waals surface area contributed by atoms with Crippen molar-refractivity contribution in [1.29, 1.82) is 0 Å². The molecule has 0 aliphatic carbocycles. The van der Waals surface area contributed by atoms with E-state index in [0.717, 1.165) is 6.26 Å². The van der Waals surface area contributed by atoms with Crippen molar-refractivity contribution in [2.24, 2.45) is 0 Å². The van der Waals surface area contributed by atoms with Crippen molar-refractivity contribution in [3.8, 4) is 0 Å². The number of carbonyl (C=O) groups is 1. The Labute approximate surface area is 107 Å². The molecule has 0 bridgehead atoms. The Morgan fingerprint density at radius 3 is 2.67 bits per heavy atom. The number of nitrogen functional groups attached to an aromatic ring is 1. The lowest BCUT2D eigenvalue weighted by molar-refractivity contribution is 0.0954. The van der Waals surface area contributed by atoms with Gasteiger partial charge in [-0.1, -0.05) is 6.08 Å². The minimum absolute atomic E-state index is 0.0383. The van der Waals surface area contributed by atoms with Crippen molar-refractivity contribution < 1.29 is 13.2 Å². The van der Waals surface area contributed by atoms with Crippen LogP contribution >= 0.6 is 0 Å². The number of hydrogen-bond donors (Lipinski definition) is 2. The summed E-state index contributed by atoms with van der Waals surface area (Å²) >= 11 is 0. The molecular formula is C12H16N2O3S. The average Bonchev–Trinajstić information content (AvgIpc) is 2.27. The molecule has 0 radical (unpaired) electrons. The summed E-state index contributed by atoms with van der Waals surface area (Å²) in [6.45, 7) is 3.99. The number of carbonyl (C=O) groups excluding carboxylic acids is 1. The molecule has 0 aromatic heterocycles. The Hall–Kier alpha value is -1.82.